The number of amides is 2. The molecule has 0 saturated heterocycles. The van der Waals surface area contributed by atoms with Gasteiger partial charge in [-0.05, 0) is 77.7 Å². The first kappa shape index (κ1) is 29.3. The molecular weight excluding hydrogens is 642 g/mol. The Morgan fingerprint density at radius 3 is 2.41 bits per heavy atom. The van der Waals surface area contributed by atoms with Crippen molar-refractivity contribution in [2.24, 2.45) is 16.6 Å². The summed E-state index contributed by atoms with van der Waals surface area (Å²) < 4.78 is 44.8. The second-order valence-corrected chi connectivity index (χ2v) is 12.0. The quantitative estimate of drug-likeness (QED) is 0.365. The van der Waals surface area contributed by atoms with Crippen molar-refractivity contribution in [2.45, 2.75) is 50.2 Å². The number of allylic oxidation sites excluding steroid dienone is 2. The lowest BCUT2D eigenvalue weighted by Gasteiger charge is -2.39. The van der Waals surface area contributed by atoms with E-state index < -0.39 is 35.4 Å². The van der Waals surface area contributed by atoms with Crippen LogP contribution in [0.25, 0.3) is 0 Å². The third-order valence-corrected chi connectivity index (χ3v) is 8.63. The molecule has 2 aromatic carbocycles. The number of primary amides is 1. The molecule has 2 amide bonds. The van der Waals surface area contributed by atoms with Gasteiger partial charge in [-0.1, -0.05) is 60.2 Å². The second kappa shape index (κ2) is 10.7. The minimum absolute atomic E-state index is 0.0387. The second-order valence-electron chi connectivity index (χ2n) is 10.3. The SMILES string of the molecule is Cc1cc(C2(C(F)(F)F)CN=C(c3ccc(Cl)cc3)C2)ccc1C1(C(N)=O)C=CC=C(I)C1C(=O)NC(C)C. The minimum Gasteiger partial charge on any atom is -0.369 e. The molecule has 4 rings (SSSR count). The van der Waals surface area contributed by atoms with Gasteiger partial charge >= 0.3 is 6.18 Å². The van der Waals surface area contributed by atoms with Gasteiger partial charge < -0.3 is 11.1 Å². The molecule has 1 aliphatic carbocycles. The van der Waals surface area contributed by atoms with E-state index in [-0.39, 0.29) is 23.9 Å². The van der Waals surface area contributed by atoms with Gasteiger partial charge in [0, 0.05) is 26.8 Å². The van der Waals surface area contributed by atoms with Crippen LogP contribution in [0, 0.1) is 12.8 Å². The highest BCUT2D eigenvalue weighted by Crippen LogP contribution is 2.50. The van der Waals surface area contributed by atoms with E-state index in [0.29, 0.717) is 31.0 Å². The first-order valence-electron chi connectivity index (χ1n) is 12.4. The van der Waals surface area contributed by atoms with Gasteiger partial charge in [-0.15, -0.1) is 0 Å². The monoisotopic (exact) mass is 669 g/mol. The lowest BCUT2D eigenvalue weighted by atomic mass is 9.65. The first-order valence-corrected chi connectivity index (χ1v) is 13.8. The number of nitrogens with two attached hydrogens (primary N) is 1. The van der Waals surface area contributed by atoms with Crippen molar-refractivity contribution in [1.82, 2.24) is 5.32 Å². The van der Waals surface area contributed by atoms with Gasteiger partial charge in [0.25, 0.3) is 0 Å². The molecule has 0 radical (unpaired) electrons. The van der Waals surface area contributed by atoms with E-state index in [1.54, 1.807) is 63.3 Å². The highest BCUT2D eigenvalue weighted by molar-refractivity contribution is 14.1. The van der Waals surface area contributed by atoms with Gasteiger partial charge in [0.05, 0.1) is 12.5 Å². The first-order chi connectivity index (χ1) is 18.2. The van der Waals surface area contributed by atoms with Crippen LogP contribution in [0.15, 0.2) is 69.3 Å². The molecule has 3 N–H and O–H groups in total. The maximum atomic E-state index is 14.7. The molecular formula is C29H28ClF3IN3O2. The Morgan fingerprint density at radius 2 is 1.85 bits per heavy atom. The van der Waals surface area contributed by atoms with Crippen molar-refractivity contribution >= 4 is 51.7 Å². The lowest BCUT2D eigenvalue weighted by molar-refractivity contribution is -0.183. The topological polar surface area (TPSA) is 84.5 Å². The summed E-state index contributed by atoms with van der Waals surface area (Å²) in [6.07, 6.45) is 0.0174. The molecule has 0 fully saturated rings. The number of nitrogens with zero attached hydrogens (tertiary/aromatic N) is 1. The number of carbonyl (C=O) groups is 2. The van der Waals surface area contributed by atoms with Crippen molar-refractivity contribution in [2.75, 3.05) is 6.54 Å². The summed E-state index contributed by atoms with van der Waals surface area (Å²) in [4.78, 5) is 30.7. The van der Waals surface area contributed by atoms with Gasteiger partial charge in [0.1, 0.15) is 10.8 Å². The van der Waals surface area contributed by atoms with Crippen LogP contribution in [-0.2, 0) is 20.4 Å². The van der Waals surface area contributed by atoms with Gasteiger partial charge in [-0.25, -0.2) is 0 Å². The van der Waals surface area contributed by atoms with Crippen molar-refractivity contribution in [3.05, 3.63) is 91.5 Å². The van der Waals surface area contributed by atoms with Crippen LogP contribution < -0.4 is 11.1 Å². The highest BCUT2D eigenvalue weighted by Gasteiger charge is 2.59. The zero-order valence-electron chi connectivity index (χ0n) is 21.6. The number of hydrogen-bond donors (Lipinski definition) is 2. The Hall–Kier alpha value is -2.66. The maximum absolute atomic E-state index is 14.7. The van der Waals surface area contributed by atoms with Crippen molar-refractivity contribution in [3.8, 4) is 0 Å². The van der Waals surface area contributed by atoms with E-state index in [4.69, 9.17) is 17.3 Å². The van der Waals surface area contributed by atoms with Gasteiger partial charge in [-0.2, -0.15) is 13.2 Å². The Morgan fingerprint density at radius 1 is 1.18 bits per heavy atom. The molecule has 39 heavy (non-hydrogen) atoms. The third-order valence-electron chi connectivity index (χ3n) is 7.40. The number of rotatable bonds is 6. The Balaban J connectivity index is 1.80. The number of benzene rings is 2. The molecule has 0 aromatic heterocycles. The van der Waals surface area contributed by atoms with Crippen LogP contribution in [0.5, 0.6) is 0 Å². The third kappa shape index (κ3) is 5.15. The van der Waals surface area contributed by atoms with Crippen LogP contribution in [0.2, 0.25) is 5.02 Å². The predicted octanol–water partition coefficient (Wildman–Crippen LogP) is 6.09. The van der Waals surface area contributed by atoms with Crippen molar-refractivity contribution in [1.29, 1.82) is 0 Å². The van der Waals surface area contributed by atoms with E-state index in [2.05, 4.69) is 10.3 Å². The van der Waals surface area contributed by atoms with Crippen LogP contribution in [0.4, 0.5) is 13.2 Å². The highest BCUT2D eigenvalue weighted by atomic mass is 127. The van der Waals surface area contributed by atoms with E-state index in [1.165, 1.54) is 18.2 Å². The van der Waals surface area contributed by atoms with E-state index in [9.17, 15) is 22.8 Å². The molecule has 3 unspecified atom stereocenters. The van der Waals surface area contributed by atoms with Crippen molar-refractivity contribution in [3.63, 3.8) is 0 Å². The number of halogens is 5. The van der Waals surface area contributed by atoms with Crippen LogP contribution >= 0.6 is 34.2 Å². The number of aryl methyl sites for hydroxylation is 1. The summed E-state index contributed by atoms with van der Waals surface area (Å²) >= 11 is 7.96. The number of aliphatic imine (C=N–C) groups is 1. The molecule has 10 heteroatoms. The van der Waals surface area contributed by atoms with E-state index in [1.807, 2.05) is 22.6 Å². The molecule has 2 aromatic rings. The molecule has 3 atom stereocenters. The summed E-state index contributed by atoms with van der Waals surface area (Å²) in [6.45, 7) is 4.78. The Kier molecular flexibility index (Phi) is 8.06. The fraction of sp³-hybridized carbons (Fsp3) is 0.345. The average Bonchev–Trinajstić information content (AvgIpc) is 3.30. The molecule has 0 bridgehead atoms. The normalized spacial score (nSPS) is 24.9. The van der Waals surface area contributed by atoms with Crippen LogP contribution in [0.1, 0.15) is 42.5 Å². The lowest BCUT2D eigenvalue weighted by Crippen LogP contribution is -2.53. The predicted molar refractivity (Wildman–Crippen MR) is 155 cm³/mol. The number of hydrogen-bond acceptors (Lipinski definition) is 3. The van der Waals surface area contributed by atoms with Gasteiger partial charge in [-0.3, -0.25) is 14.6 Å². The summed E-state index contributed by atoms with van der Waals surface area (Å²) in [5.74, 6) is -2.11. The molecule has 1 heterocycles. The average molecular weight is 670 g/mol. The van der Waals surface area contributed by atoms with Gasteiger partial charge in [0.2, 0.25) is 11.8 Å². The molecule has 206 valence electrons. The summed E-state index contributed by atoms with van der Waals surface area (Å²) in [6, 6.07) is 10.7. The molecule has 5 nitrogen and oxygen atoms in total. The van der Waals surface area contributed by atoms with E-state index >= 15 is 0 Å². The fourth-order valence-electron chi connectivity index (χ4n) is 5.44. The Bertz CT molecular complexity index is 1400. The minimum atomic E-state index is -4.59. The summed E-state index contributed by atoms with van der Waals surface area (Å²) in [7, 11) is 0. The zero-order chi connectivity index (χ0) is 28.8. The van der Waals surface area contributed by atoms with Crippen LogP contribution in [-0.4, -0.2) is 36.3 Å². The molecule has 1 aliphatic heterocycles. The number of nitrogens with one attached hydrogen (secondary N) is 1. The largest absolute Gasteiger partial charge is 0.400 e. The molecule has 2 aliphatic rings. The van der Waals surface area contributed by atoms with Gasteiger partial charge in [0.15, 0.2) is 0 Å². The smallest absolute Gasteiger partial charge is 0.369 e. The Labute approximate surface area is 243 Å². The number of carbonyl (C=O) groups excluding carboxylic acids is 2. The summed E-state index contributed by atoms with van der Waals surface area (Å²) in [5.41, 5.74) is 3.93. The molecule has 0 spiro atoms. The zero-order valence-corrected chi connectivity index (χ0v) is 24.5. The van der Waals surface area contributed by atoms with E-state index in [0.717, 1.165) is 0 Å². The maximum Gasteiger partial charge on any atom is 0.400 e. The summed E-state index contributed by atoms with van der Waals surface area (Å²) in [5, 5.41) is 3.33. The standard InChI is InChI=1S/C29H28ClF3IN3O2/c1-16(2)37-25(38)24-22(34)5-4-12-28(24,26(35)39)21-11-8-19(13-17(21)3)27(29(31,32)33)14-23(36-15-27)18-6-9-20(30)10-7-18/h4-13,16,24H,14-15H2,1-3H3,(H2,35,39)(H,37,38). The molecule has 0 saturated carbocycles. The van der Waals surface area contributed by atoms with Crippen LogP contribution in [0.3, 0.4) is 0 Å². The van der Waals surface area contributed by atoms with Crippen molar-refractivity contribution < 1.29 is 22.8 Å². The fourth-order valence-corrected chi connectivity index (χ4v) is 6.55. The number of alkyl halides is 3.